The van der Waals surface area contributed by atoms with Gasteiger partial charge in [0.05, 0.1) is 12.2 Å². The fourth-order valence-electron chi connectivity index (χ4n) is 2.10. The maximum absolute atomic E-state index is 9.86. The topological polar surface area (TPSA) is 29.5 Å². The summed E-state index contributed by atoms with van der Waals surface area (Å²) in [5.74, 6) is 0.865. The maximum Gasteiger partial charge on any atom is 0.120 e. The molecule has 0 spiro atoms. The molecule has 2 nitrogen and oxygen atoms in total. The van der Waals surface area contributed by atoms with E-state index in [9.17, 15) is 5.11 Å². The highest BCUT2D eigenvalue weighted by Crippen LogP contribution is 2.32. The van der Waals surface area contributed by atoms with Crippen LogP contribution >= 0.6 is 0 Å². The zero-order valence-electron chi connectivity index (χ0n) is 9.36. The summed E-state index contributed by atoms with van der Waals surface area (Å²) in [5.41, 5.74) is 2.32. The Morgan fingerprint density at radius 2 is 2.20 bits per heavy atom. The highest BCUT2D eigenvalue weighted by atomic mass is 16.5. The zero-order valence-corrected chi connectivity index (χ0v) is 9.36. The Labute approximate surface area is 90.9 Å². The van der Waals surface area contributed by atoms with Gasteiger partial charge in [0.2, 0.25) is 0 Å². The molecule has 2 heteroatoms. The molecule has 1 atom stereocenters. The number of benzene rings is 1. The molecule has 0 amide bonds. The van der Waals surface area contributed by atoms with Gasteiger partial charge in [-0.25, -0.2) is 0 Å². The largest absolute Gasteiger partial charge is 0.491 e. The van der Waals surface area contributed by atoms with Crippen LogP contribution in [0.1, 0.15) is 43.9 Å². The zero-order chi connectivity index (χ0) is 10.8. The summed E-state index contributed by atoms with van der Waals surface area (Å²) in [5, 5.41) is 9.86. The van der Waals surface area contributed by atoms with E-state index in [1.54, 1.807) is 0 Å². The van der Waals surface area contributed by atoms with Crippen molar-refractivity contribution in [3.63, 3.8) is 0 Å². The first-order valence-corrected chi connectivity index (χ1v) is 5.64. The molecule has 0 unspecified atom stereocenters. The van der Waals surface area contributed by atoms with Crippen LogP contribution in [0.25, 0.3) is 0 Å². The average molecular weight is 206 g/mol. The van der Waals surface area contributed by atoms with Crippen LogP contribution in [0.5, 0.6) is 5.75 Å². The van der Waals surface area contributed by atoms with Crippen molar-refractivity contribution in [2.45, 2.75) is 45.3 Å². The molecular formula is C13H18O2. The summed E-state index contributed by atoms with van der Waals surface area (Å²) < 4.78 is 5.62. The van der Waals surface area contributed by atoms with E-state index >= 15 is 0 Å². The van der Waals surface area contributed by atoms with Crippen LogP contribution < -0.4 is 4.74 Å². The Balaban J connectivity index is 2.27. The number of rotatable bonds is 2. The maximum atomic E-state index is 9.86. The lowest BCUT2D eigenvalue weighted by Gasteiger charge is -2.22. The van der Waals surface area contributed by atoms with Crippen LogP contribution in [-0.4, -0.2) is 11.2 Å². The van der Waals surface area contributed by atoms with E-state index in [4.69, 9.17) is 4.74 Å². The van der Waals surface area contributed by atoms with Crippen LogP contribution in [-0.2, 0) is 6.42 Å². The monoisotopic (exact) mass is 206 g/mol. The van der Waals surface area contributed by atoms with Crippen molar-refractivity contribution in [2.75, 3.05) is 0 Å². The minimum Gasteiger partial charge on any atom is -0.491 e. The van der Waals surface area contributed by atoms with Gasteiger partial charge in [0.25, 0.3) is 0 Å². The normalized spacial score (nSPS) is 20.1. The molecule has 0 radical (unpaired) electrons. The fraction of sp³-hybridized carbons (Fsp3) is 0.538. The molecule has 0 aliphatic heterocycles. The summed E-state index contributed by atoms with van der Waals surface area (Å²) in [6.07, 6.45) is 2.92. The highest BCUT2D eigenvalue weighted by Gasteiger charge is 2.18. The van der Waals surface area contributed by atoms with E-state index in [0.717, 1.165) is 30.6 Å². The van der Waals surface area contributed by atoms with Crippen molar-refractivity contribution < 1.29 is 9.84 Å². The third-order valence-corrected chi connectivity index (χ3v) is 2.77. The SMILES string of the molecule is CC(C)Oc1ccc2c(c1)[C@H](O)CCC2. The molecule has 1 aliphatic rings. The first-order valence-electron chi connectivity index (χ1n) is 5.64. The van der Waals surface area contributed by atoms with Gasteiger partial charge in [0.15, 0.2) is 0 Å². The minimum atomic E-state index is -0.301. The van der Waals surface area contributed by atoms with Gasteiger partial charge in [-0.3, -0.25) is 0 Å². The van der Waals surface area contributed by atoms with E-state index in [1.807, 2.05) is 26.0 Å². The summed E-state index contributed by atoms with van der Waals surface area (Å²) in [4.78, 5) is 0. The minimum absolute atomic E-state index is 0.184. The summed E-state index contributed by atoms with van der Waals surface area (Å²) in [6, 6.07) is 6.06. The highest BCUT2D eigenvalue weighted by molar-refractivity contribution is 5.38. The lowest BCUT2D eigenvalue weighted by molar-refractivity contribution is 0.155. The Hall–Kier alpha value is -1.02. The van der Waals surface area contributed by atoms with Gasteiger partial charge in [-0.05, 0) is 56.4 Å². The van der Waals surface area contributed by atoms with E-state index < -0.39 is 0 Å². The Morgan fingerprint density at radius 1 is 1.40 bits per heavy atom. The van der Waals surface area contributed by atoms with E-state index in [-0.39, 0.29) is 12.2 Å². The molecule has 1 aromatic carbocycles. The molecule has 1 N–H and O–H groups in total. The van der Waals surface area contributed by atoms with Crippen molar-refractivity contribution >= 4 is 0 Å². The average Bonchev–Trinajstić information content (AvgIpc) is 2.18. The van der Waals surface area contributed by atoms with Gasteiger partial charge < -0.3 is 9.84 Å². The Bertz CT molecular complexity index is 344. The molecule has 0 aromatic heterocycles. The second kappa shape index (κ2) is 4.23. The van der Waals surface area contributed by atoms with Crippen LogP contribution in [0.3, 0.4) is 0 Å². The molecule has 82 valence electrons. The number of aryl methyl sites for hydroxylation is 1. The third-order valence-electron chi connectivity index (χ3n) is 2.77. The fourth-order valence-corrected chi connectivity index (χ4v) is 2.10. The molecule has 0 saturated heterocycles. The van der Waals surface area contributed by atoms with Crippen LogP contribution in [0.2, 0.25) is 0 Å². The number of aliphatic hydroxyl groups excluding tert-OH is 1. The van der Waals surface area contributed by atoms with E-state index in [0.29, 0.717) is 0 Å². The van der Waals surface area contributed by atoms with Crippen LogP contribution in [0.15, 0.2) is 18.2 Å². The molecule has 0 saturated carbocycles. The summed E-state index contributed by atoms with van der Waals surface area (Å²) in [6.45, 7) is 4.02. The second-order valence-electron chi connectivity index (χ2n) is 4.44. The van der Waals surface area contributed by atoms with E-state index in [2.05, 4.69) is 6.07 Å². The van der Waals surface area contributed by atoms with Crippen molar-refractivity contribution in [2.24, 2.45) is 0 Å². The van der Waals surface area contributed by atoms with Crippen LogP contribution in [0, 0.1) is 0 Å². The van der Waals surface area contributed by atoms with Crippen molar-refractivity contribution in [3.05, 3.63) is 29.3 Å². The second-order valence-corrected chi connectivity index (χ2v) is 4.44. The van der Waals surface area contributed by atoms with Gasteiger partial charge in [0, 0.05) is 0 Å². The Kier molecular flexibility index (Phi) is 2.96. The van der Waals surface area contributed by atoms with Crippen LogP contribution in [0.4, 0.5) is 0 Å². The van der Waals surface area contributed by atoms with Gasteiger partial charge >= 0.3 is 0 Å². The molecular weight excluding hydrogens is 188 g/mol. The Morgan fingerprint density at radius 3 is 2.93 bits per heavy atom. The number of fused-ring (bicyclic) bond motifs is 1. The number of aliphatic hydroxyl groups is 1. The molecule has 0 fully saturated rings. The number of hydrogen-bond donors (Lipinski definition) is 1. The van der Waals surface area contributed by atoms with Gasteiger partial charge in [-0.2, -0.15) is 0 Å². The summed E-state index contributed by atoms with van der Waals surface area (Å²) in [7, 11) is 0. The van der Waals surface area contributed by atoms with Gasteiger partial charge in [0.1, 0.15) is 5.75 Å². The van der Waals surface area contributed by atoms with E-state index in [1.165, 1.54) is 5.56 Å². The predicted octanol–water partition coefficient (Wildman–Crippen LogP) is 2.84. The molecule has 1 aromatic rings. The van der Waals surface area contributed by atoms with Gasteiger partial charge in [-0.1, -0.05) is 6.07 Å². The van der Waals surface area contributed by atoms with Crippen molar-refractivity contribution in [1.29, 1.82) is 0 Å². The lowest BCUT2D eigenvalue weighted by atomic mass is 9.89. The van der Waals surface area contributed by atoms with Crippen molar-refractivity contribution in [3.8, 4) is 5.75 Å². The first kappa shape index (κ1) is 10.5. The first-order chi connectivity index (χ1) is 7.16. The molecule has 15 heavy (non-hydrogen) atoms. The quantitative estimate of drug-likeness (QED) is 0.806. The van der Waals surface area contributed by atoms with Gasteiger partial charge in [-0.15, -0.1) is 0 Å². The predicted molar refractivity (Wildman–Crippen MR) is 60.1 cm³/mol. The standard InChI is InChI=1S/C13H18O2/c1-9(2)15-11-7-6-10-4-3-5-13(14)12(10)8-11/h6-9,13-14H,3-5H2,1-2H3/t13-/m1/s1. The lowest BCUT2D eigenvalue weighted by Crippen LogP contribution is -2.11. The molecule has 1 aliphatic carbocycles. The van der Waals surface area contributed by atoms with Crippen molar-refractivity contribution in [1.82, 2.24) is 0 Å². The summed E-state index contributed by atoms with van der Waals surface area (Å²) >= 11 is 0. The molecule has 0 bridgehead atoms. The molecule has 0 heterocycles. The molecule has 2 rings (SSSR count). The third kappa shape index (κ3) is 2.32. The number of hydrogen-bond acceptors (Lipinski definition) is 2. The smallest absolute Gasteiger partial charge is 0.120 e. The number of ether oxygens (including phenoxy) is 1.